The van der Waals surface area contributed by atoms with E-state index in [2.05, 4.69) is 38.6 Å². The number of hydrogen-bond donors (Lipinski definition) is 2. The molecular formula is C28H31N7O5. The average molecular weight is 546 g/mol. The number of carbonyl (C=O) groups is 2. The van der Waals surface area contributed by atoms with Crippen molar-refractivity contribution in [3.05, 3.63) is 54.4 Å². The number of ether oxygens (including phenoxy) is 3. The number of nitrogens with zero attached hydrogens (tertiary/aromatic N) is 5. The number of nitrogens with one attached hydrogen (secondary N) is 2. The highest BCUT2D eigenvalue weighted by Gasteiger charge is 2.33. The third kappa shape index (κ3) is 5.97. The van der Waals surface area contributed by atoms with Crippen LogP contribution in [0.3, 0.4) is 0 Å². The molecule has 3 aromatic rings. The van der Waals surface area contributed by atoms with Crippen molar-refractivity contribution >= 4 is 23.6 Å². The van der Waals surface area contributed by atoms with Crippen LogP contribution in [0, 0.1) is 0 Å². The predicted octanol–water partition coefficient (Wildman–Crippen LogP) is 2.46. The molecule has 6 heterocycles. The Kier molecular flexibility index (Phi) is 7.43. The first kappa shape index (κ1) is 26.0. The van der Waals surface area contributed by atoms with E-state index in [-0.39, 0.29) is 24.7 Å². The quantitative estimate of drug-likeness (QED) is 0.387. The number of cyclic esters (lactones) is 1. The van der Waals surface area contributed by atoms with Crippen LogP contribution in [0.4, 0.5) is 16.4 Å². The van der Waals surface area contributed by atoms with Crippen LogP contribution in [0.5, 0.6) is 11.6 Å². The molecule has 6 rings (SSSR count). The Balaban J connectivity index is 0.997. The number of pyridine rings is 3. The fourth-order valence-corrected chi connectivity index (χ4v) is 4.99. The smallest absolute Gasteiger partial charge is 0.415 e. The van der Waals surface area contributed by atoms with Gasteiger partial charge in [0.15, 0.2) is 18.2 Å². The minimum atomic E-state index is -0.462. The molecule has 40 heavy (non-hydrogen) atoms. The molecule has 2 saturated heterocycles. The fourth-order valence-electron chi connectivity index (χ4n) is 4.99. The van der Waals surface area contributed by atoms with Crippen LogP contribution in [-0.4, -0.2) is 83.9 Å². The molecule has 2 atom stereocenters. The number of aromatic nitrogens is 3. The van der Waals surface area contributed by atoms with E-state index >= 15 is 0 Å². The van der Waals surface area contributed by atoms with Gasteiger partial charge in [-0.15, -0.1) is 0 Å². The number of hydrogen-bond acceptors (Lipinski definition) is 10. The van der Waals surface area contributed by atoms with E-state index in [0.29, 0.717) is 49.3 Å². The molecule has 2 N–H and O–H groups in total. The van der Waals surface area contributed by atoms with Crippen molar-refractivity contribution in [2.75, 3.05) is 50.1 Å². The van der Waals surface area contributed by atoms with Gasteiger partial charge in [0.25, 0.3) is 5.91 Å². The zero-order valence-electron chi connectivity index (χ0n) is 22.2. The zero-order chi connectivity index (χ0) is 27.5. The summed E-state index contributed by atoms with van der Waals surface area (Å²) >= 11 is 0. The third-order valence-corrected chi connectivity index (χ3v) is 7.03. The summed E-state index contributed by atoms with van der Waals surface area (Å²) in [5, 5.41) is 6.07. The Bertz CT molecular complexity index is 1400. The monoisotopic (exact) mass is 545 g/mol. The first-order valence-electron chi connectivity index (χ1n) is 13.4. The summed E-state index contributed by atoms with van der Waals surface area (Å²) in [4.78, 5) is 41.3. The standard InChI is InChI=1S/C28H31N7O5/c1-34-10-8-21(15-34)39-26-4-2-3-22(31-26)19-11-18(13-30-14-19)12-29-9-7-20-16-35(28(37)40-20)24-6-5-23-27(32-24)33-25(36)17-38-23/h2-6,11,13-14,20-21,29H,7-10,12,15-17H2,1H3,(H,32,33,36)/t20-,21-/m0/s1. The van der Waals surface area contributed by atoms with Crippen molar-refractivity contribution in [3.63, 3.8) is 0 Å². The van der Waals surface area contributed by atoms with Crippen LogP contribution < -0.4 is 25.0 Å². The van der Waals surface area contributed by atoms with E-state index < -0.39 is 6.09 Å². The van der Waals surface area contributed by atoms with Crippen LogP contribution in [0.1, 0.15) is 18.4 Å². The maximum atomic E-state index is 12.5. The van der Waals surface area contributed by atoms with Crippen molar-refractivity contribution in [2.45, 2.75) is 31.6 Å². The van der Waals surface area contributed by atoms with Crippen LogP contribution >= 0.6 is 0 Å². The second kappa shape index (κ2) is 11.4. The van der Waals surface area contributed by atoms with Gasteiger partial charge in [0, 0.05) is 43.7 Å². The molecule has 0 spiro atoms. The third-order valence-electron chi connectivity index (χ3n) is 7.03. The van der Waals surface area contributed by atoms with Gasteiger partial charge < -0.3 is 29.7 Å². The Labute approximate surface area is 231 Å². The normalized spacial score (nSPS) is 20.6. The highest BCUT2D eigenvalue weighted by molar-refractivity contribution is 5.95. The number of carbonyl (C=O) groups excluding carboxylic acids is 2. The Morgan fingerprint density at radius 3 is 2.95 bits per heavy atom. The molecule has 0 unspecified atom stereocenters. The van der Waals surface area contributed by atoms with Gasteiger partial charge in [0.1, 0.15) is 18.0 Å². The Hall–Kier alpha value is -4.29. The lowest BCUT2D eigenvalue weighted by molar-refractivity contribution is -0.118. The van der Waals surface area contributed by atoms with E-state index in [1.54, 1.807) is 18.3 Å². The molecule has 0 bridgehead atoms. The minimum Gasteiger partial charge on any atom is -0.480 e. The SMILES string of the molecule is CN1CC[C@H](Oc2cccc(-c3cncc(CNCC[C@H]4CN(c5ccc6c(n5)NC(=O)CO6)C(=O)O4)c3)n2)C1. The molecule has 2 amide bonds. The van der Waals surface area contributed by atoms with Gasteiger partial charge in [-0.25, -0.2) is 14.8 Å². The van der Waals surface area contributed by atoms with E-state index in [1.807, 2.05) is 24.4 Å². The largest absolute Gasteiger partial charge is 0.480 e. The Morgan fingerprint density at radius 2 is 2.08 bits per heavy atom. The number of likely N-dealkylation sites (tertiary alicyclic amines) is 1. The van der Waals surface area contributed by atoms with E-state index in [1.165, 1.54) is 4.90 Å². The lowest BCUT2D eigenvalue weighted by Gasteiger charge is -2.19. The molecule has 12 heteroatoms. The molecular weight excluding hydrogens is 514 g/mol. The highest BCUT2D eigenvalue weighted by atomic mass is 16.6. The summed E-state index contributed by atoms with van der Waals surface area (Å²) in [6.07, 6.45) is 4.69. The first-order valence-corrected chi connectivity index (χ1v) is 13.4. The van der Waals surface area contributed by atoms with Gasteiger partial charge in [0.05, 0.1) is 12.2 Å². The molecule has 3 aliphatic heterocycles. The summed E-state index contributed by atoms with van der Waals surface area (Å²) in [6.45, 7) is 3.53. The highest BCUT2D eigenvalue weighted by Crippen LogP contribution is 2.30. The summed E-state index contributed by atoms with van der Waals surface area (Å²) in [7, 11) is 2.10. The summed E-state index contributed by atoms with van der Waals surface area (Å²) in [6, 6.07) is 11.2. The van der Waals surface area contributed by atoms with Crippen molar-refractivity contribution < 1.29 is 23.8 Å². The molecule has 0 saturated carbocycles. The summed E-state index contributed by atoms with van der Waals surface area (Å²) in [5.74, 6) is 1.54. The van der Waals surface area contributed by atoms with Gasteiger partial charge in [0.2, 0.25) is 5.88 Å². The van der Waals surface area contributed by atoms with Gasteiger partial charge in [-0.1, -0.05) is 6.07 Å². The summed E-state index contributed by atoms with van der Waals surface area (Å²) < 4.78 is 17.0. The first-order chi connectivity index (χ1) is 19.5. The fraction of sp³-hybridized carbons (Fsp3) is 0.393. The molecule has 208 valence electrons. The van der Waals surface area contributed by atoms with Crippen LogP contribution in [-0.2, 0) is 16.1 Å². The van der Waals surface area contributed by atoms with E-state index in [9.17, 15) is 9.59 Å². The molecule has 2 fully saturated rings. The minimum absolute atomic E-state index is 0.0488. The number of amides is 2. The molecule has 3 aliphatic rings. The van der Waals surface area contributed by atoms with Crippen molar-refractivity contribution in [2.24, 2.45) is 0 Å². The number of rotatable bonds is 9. The average Bonchev–Trinajstić information content (AvgIpc) is 3.55. The molecule has 0 radical (unpaired) electrons. The number of fused-ring (bicyclic) bond motifs is 1. The van der Waals surface area contributed by atoms with Crippen LogP contribution in [0.2, 0.25) is 0 Å². The maximum Gasteiger partial charge on any atom is 0.415 e. The molecule has 3 aromatic heterocycles. The number of likely N-dealkylation sites (N-methyl/N-ethyl adjacent to an activating group) is 1. The molecule has 0 aliphatic carbocycles. The molecule has 0 aromatic carbocycles. The maximum absolute atomic E-state index is 12.5. The van der Waals surface area contributed by atoms with Crippen LogP contribution in [0.25, 0.3) is 11.3 Å². The van der Waals surface area contributed by atoms with Crippen molar-refractivity contribution in [1.29, 1.82) is 0 Å². The van der Waals surface area contributed by atoms with Gasteiger partial charge >= 0.3 is 6.09 Å². The van der Waals surface area contributed by atoms with Crippen molar-refractivity contribution in [3.8, 4) is 22.9 Å². The lowest BCUT2D eigenvalue weighted by Crippen LogP contribution is -2.29. The second-order valence-corrected chi connectivity index (χ2v) is 10.2. The van der Waals surface area contributed by atoms with Crippen molar-refractivity contribution in [1.82, 2.24) is 25.2 Å². The van der Waals surface area contributed by atoms with E-state index in [4.69, 9.17) is 19.2 Å². The van der Waals surface area contributed by atoms with Gasteiger partial charge in [-0.2, -0.15) is 0 Å². The topological polar surface area (TPSA) is 131 Å². The van der Waals surface area contributed by atoms with Gasteiger partial charge in [-0.05, 0) is 56.3 Å². The summed E-state index contributed by atoms with van der Waals surface area (Å²) in [5.41, 5.74) is 2.77. The van der Waals surface area contributed by atoms with Gasteiger partial charge in [-0.3, -0.25) is 14.7 Å². The second-order valence-electron chi connectivity index (χ2n) is 10.2. The zero-order valence-corrected chi connectivity index (χ0v) is 22.2. The molecule has 12 nitrogen and oxygen atoms in total. The van der Waals surface area contributed by atoms with Crippen LogP contribution in [0.15, 0.2) is 48.8 Å². The Morgan fingerprint density at radius 1 is 1.15 bits per heavy atom. The predicted molar refractivity (Wildman–Crippen MR) is 146 cm³/mol. The van der Waals surface area contributed by atoms with E-state index in [0.717, 1.165) is 36.3 Å². The number of anilines is 2. The lowest BCUT2D eigenvalue weighted by atomic mass is 10.1.